The lowest BCUT2D eigenvalue weighted by Gasteiger charge is -2.21. The number of hydrogen-bond donors (Lipinski definition) is 1. The summed E-state index contributed by atoms with van der Waals surface area (Å²) in [4.78, 5) is 0. The fourth-order valence-electron chi connectivity index (χ4n) is 2.15. The van der Waals surface area contributed by atoms with E-state index in [0.717, 1.165) is 12.2 Å². The lowest BCUT2D eigenvalue weighted by atomic mass is 9.95. The van der Waals surface area contributed by atoms with E-state index in [2.05, 4.69) is 58.1 Å². The highest BCUT2D eigenvalue weighted by atomic mass is 16.5. The third-order valence-electron chi connectivity index (χ3n) is 3.23. The van der Waals surface area contributed by atoms with Crippen molar-refractivity contribution in [3.8, 4) is 5.75 Å². The molecule has 1 aromatic rings. The van der Waals surface area contributed by atoms with Crippen LogP contribution in [0.15, 0.2) is 18.2 Å². The SMILES string of the molecule is CNC(Cc1ccc(OC(C)C)c(C)c1)C(C)C. The monoisotopic (exact) mass is 249 g/mol. The van der Waals surface area contributed by atoms with Crippen LogP contribution in [-0.2, 0) is 6.42 Å². The van der Waals surface area contributed by atoms with Gasteiger partial charge in [0.25, 0.3) is 0 Å². The number of rotatable bonds is 6. The van der Waals surface area contributed by atoms with E-state index < -0.39 is 0 Å². The molecule has 0 spiro atoms. The molecule has 0 amide bonds. The van der Waals surface area contributed by atoms with E-state index in [1.54, 1.807) is 0 Å². The lowest BCUT2D eigenvalue weighted by Crippen LogP contribution is -2.32. The summed E-state index contributed by atoms with van der Waals surface area (Å²) in [5.74, 6) is 1.64. The van der Waals surface area contributed by atoms with Gasteiger partial charge in [-0.3, -0.25) is 0 Å². The Balaban J connectivity index is 2.77. The molecule has 0 saturated heterocycles. The van der Waals surface area contributed by atoms with Crippen LogP contribution >= 0.6 is 0 Å². The first-order valence-electron chi connectivity index (χ1n) is 6.87. The smallest absolute Gasteiger partial charge is 0.122 e. The maximum Gasteiger partial charge on any atom is 0.122 e. The Morgan fingerprint density at radius 3 is 2.28 bits per heavy atom. The summed E-state index contributed by atoms with van der Waals surface area (Å²) in [5.41, 5.74) is 2.59. The van der Waals surface area contributed by atoms with Gasteiger partial charge in [0.05, 0.1) is 6.10 Å². The van der Waals surface area contributed by atoms with E-state index >= 15 is 0 Å². The van der Waals surface area contributed by atoms with Crippen LogP contribution in [0.1, 0.15) is 38.8 Å². The summed E-state index contributed by atoms with van der Waals surface area (Å²) in [7, 11) is 2.04. The highest BCUT2D eigenvalue weighted by molar-refractivity contribution is 5.36. The van der Waals surface area contributed by atoms with Crippen LogP contribution in [0.4, 0.5) is 0 Å². The molecule has 102 valence electrons. The van der Waals surface area contributed by atoms with Gasteiger partial charge in [-0.1, -0.05) is 26.0 Å². The average Bonchev–Trinajstić information content (AvgIpc) is 2.28. The standard InChI is InChI=1S/C16H27NO/c1-11(2)15(17-6)10-14-7-8-16(13(5)9-14)18-12(3)4/h7-9,11-12,15,17H,10H2,1-6H3. The average molecular weight is 249 g/mol. The first-order valence-corrected chi connectivity index (χ1v) is 6.87. The zero-order valence-corrected chi connectivity index (χ0v) is 12.6. The fraction of sp³-hybridized carbons (Fsp3) is 0.625. The van der Waals surface area contributed by atoms with Crippen molar-refractivity contribution in [1.82, 2.24) is 5.32 Å². The number of likely N-dealkylation sites (N-methyl/N-ethyl adjacent to an activating group) is 1. The van der Waals surface area contributed by atoms with Gasteiger partial charge in [-0.2, -0.15) is 0 Å². The van der Waals surface area contributed by atoms with Crippen molar-refractivity contribution >= 4 is 0 Å². The van der Waals surface area contributed by atoms with Gasteiger partial charge in [0, 0.05) is 6.04 Å². The Bertz CT molecular complexity index is 371. The topological polar surface area (TPSA) is 21.3 Å². The Morgan fingerprint density at radius 2 is 1.83 bits per heavy atom. The molecule has 1 aromatic carbocycles. The molecular formula is C16H27NO. The molecule has 1 N–H and O–H groups in total. The van der Waals surface area contributed by atoms with Crippen LogP contribution in [0, 0.1) is 12.8 Å². The molecule has 0 saturated carbocycles. The van der Waals surface area contributed by atoms with Gasteiger partial charge < -0.3 is 10.1 Å². The van der Waals surface area contributed by atoms with Crippen molar-refractivity contribution < 1.29 is 4.74 Å². The largest absolute Gasteiger partial charge is 0.491 e. The number of nitrogens with one attached hydrogen (secondary N) is 1. The maximum absolute atomic E-state index is 5.76. The maximum atomic E-state index is 5.76. The predicted molar refractivity (Wildman–Crippen MR) is 78.3 cm³/mol. The van der Waals surface area contributed by atoms with Gasteiger partial charge in [-0.15, -0.1) is 0 Å². The summed E-state index contributed by atoms with van der Waals surface area (Å²) in [6.07, 6.45) is 1.30. The second kappa shape index (κ2) is 6.79. The third kappa shape index (κ3) is 4.34. The highest BCUT2D eigenvalue weighted by Crippen LogP contribution is 2.22. The van der Waals surface area contributed by atoms with Crippen LogP contribution in [0.25, 0.3) is 0 Å². The van der Waals surface area contributed by atoms with Crippen LogP contribution in [0.2, 0.25) is 0 Å². The highest BCUT2D eigenvalue weighted by Gasteiger charge is 2.12. The minimum atomic E-state index is 0.232. The third-order valence-corrected chi connectivity index (χ3v) is 3.23. The Labute approximate surface area is 112 Å². The molecule has 2 nitrogen and oxygen atoms in total. The number of benzene rings is 1. The minimum absolute atomic E-state index is 0.232. The molecular weight excluding hydrogens is 222 g/mol. The molecule has 1 unspecified atom stereocenters. The number of ether oxygens (including phenoxy) is 1. The van der Waals surface area contributed by atoms with Crippen LogP contribution < -0.4 is 10.1 Å². The quantitative estimate of drug-likeness (QED) is 0.832. The molecule has 0 aliphatic carbocycles. The van der Waals surface area contributed by atoms with Gasteiger partial charge in [0.2, 0.25) is 0 Å². The fourth-order valence-corrected chi connectivity index (χ4v) is 2.15. The van der Waals surface area contributed by atoms with Crippen molar-refractivity contribution in [2.45, 2.75) is 53.2 Å². The van der Waals surface area contributed by atoms with E-state index in [1.165, 1.54) is 11.1 Å². The minimum Gasteiger partial charge on any atom is -0.491 e. The van der Waals surface area contributed by atoms with Gasteiger partial charge in [0.1, 0.15) is 5.75 Å². The number of hydrogen-bond acceptors (Lipinski definition) is 2. The van der Waals surface area contributed by atoms with Crippen molar-refractivity contribution in [1.29, 1.82) is 0 Å². The lowest BCUT2D eigenvalue weighted by molar-refractivity contribution is 0.240. The zero-order chi connectivity index (χ0) is 13.7. The molecule has 0 fully saturated rings. The van der Waals surface area contributed by atoms with Crippen molar-refractivity contribution in [3.05, 3.63) is 29.3 Å². The molecule has 0 radical (unpaired) electrons. The summed E-state index contributed by atoms with van der Waals surface area (Å²) in [6, 6.07) is 7.04. The molecule has 2 heteroatoms. The second-order valence-corrected chi connectivity index (χ2v) is 5.61. The Hall–Kier alpha value is -1.02. The van der Waals surface area contributed by atoms with Crippen LogP contribution in [-0.4, -0.2) is 19.2 Å². The zero-order valence-electron chi connectivity index (χ0n) is 12.6. The van der Waals surface area contributed by atoms with E-state index in [4.69, 9.17) is 4.74 Å². The van der Waals surface area contributed by atoms with Gasteiger partial charge in [-0.25, -0.2) is 0 Å². The van der Waals surface area contributed by atoms with Crippen molar-refractivity contribution in [2.75, 3.05) is 7.05 Å². The molecule has 0 aliphatic rings. The van der Waals surface area contributed by atoms with Crippen molar-refractivity contribution in [2.24, 2.45) is 5.92 Å². The first kappa shape index (κ1) is 15.0. The summed E-state index contributed by atoms with van der Waals surface area (Å²) < 4.78 is 5.76. The van der Waals surface area contributed by atoms with Gasteiger partial charge in [0.15, 0.2) is 0 Å². The van der Waals surface area contributed by atoms with Crippen molar-refractivity contribution in [3.63, 3.8) is 0 Å². The van der Waals surface area contributed by atoms with E-state index in [0.29, 0.717) is 12.0 Å². The molecule has 0 aromatic heterocycles. The molecule has 1 atom stereocenters. The second-order valence-electron chi connectivity index (χ2n) is 5.61. The summed E-state index contributed by atoms with van der Waals surface area (Å²) in [6.45, 7) is 10.7. The van der Waals surface area contributed by atoms with Gasteiger partial charge >= 0.3 is 0 Å². The summed E-state index contributed by atoms with van der Waals surface area (Å²) in [5, 5.41) is 3.39. The normalized spacial score (nSPS) is 13.1. The predicted octanol–water partition coefficient (Wildman–Crippen LogP) is 3.57. The van der Waals surface area contributed by atoms with Crippen LogP contribution in [0.5, 0.6) is 5.75 Å². The summed E-state index contributed by atoms with van der Waals surface area (Å²) >= 11 is 0. The molecule has 18 heavy (non-hydrogen) atoms. The first-order chi connectivity index (χ1) is 8.43. The molecule has 1 rings (SSSR count). The van der Waals surface area contributed by atoms with Crippen LogP contribution in [0.3, 0.4) is 0 Å². The van der Waals surface area contributed by atoms with E-state index in [9.17, 15) is 0 Å². The Kier molecular flexibility index (Phi) is 5.67. The van der Waals surface area contributed by atoms with Gasteiger partial charge in [-0.05, 0) is 57.4 Å². The molecule has 0 heterocycles. The van der Waals surface area contributed by atoms with E-state index in [-0.39, 0.29) is 6.10 Å². The molecule has 0 aliphatic heterocycles. The Morgan fingerprint density at radius 1 is 1.17 bits per heavy atom. The molecule has 0 bridgehead atoms. The number of aryl methyl sites for hydroxylation is 1. The van der Waals surface area contributed by atoms with E-state index in [1.807, 2.05) is 7.05 Å².